The zero-order chi connectivity index (χ0) is 13.3. The summed E-state index contributed by atoms with van der Waals surface area (Å²) in [6.45, 7) is 5.11. The predicted molar refractivity (Wildman–Crippen MR) is 75.7 cm³/mol. The summed E-state index contributed by atoms with van der Waals surface area (Å²) in [4.78, 5) is 11.5. The zero-order valence-electron chi connectivity index (χ0n) is 10.0. The molecule has 0 saturated carbocycles. The number of carbonyl (C=O) groups excluding carboxylic acids is 1. The molecule has 0 aliphatic heterocycles. The monoisotopic (exact) mass is 270 g/mol. The van der Waals surface area contributed by atoms with Crippen LogP contribution in [-0.4, -0.2) is 13.8 Å². The number of halogens is 1. The average Bonchev–Trinajstić information content (AvgIpc) is 2.29. The summed E-state index contributed by atoms with van der Waals surface area (Å²) in [5.41, 5.74) is 0.662. The molecular formula is C11H14BFO2P2. The number of esters is 1. The van der Waals surface area contributed by atoms with Gasteiger partial charge in [0.05, 0.1) is 5.92 Å². The average molecular weight is 270 g/mol. The van der Waals surface area contributed by atoms with E-state index in [1.165, 1.54) is 0 Å². The van der Waals surface area contributed by atoms with Crippen LogP contribution in [-0.2, 0) is 4.79 Å². The summed E-state index contributed by atoms with van der Waals surface area (Å²) in [6, 6.07) is 0. The second-order valence-electron chi connectivity index (χ2n) is 4.08. The largest absolute Gasteiger partial charge is 0.427 e. The maximum atomic E-state index is 13.7. The van der Waals surface area contributed by atoms with Crippen LogP contribution in [0.25, 0.3) is 0 Å². The first-order valence-electron chi connectivity index (χ1n) is 5.11. The second kappa shape index (κ2) is 5.46. The fourth-order valence-corrected chi connectivity index (χ4v) is 1.96. The molecule has 2 nitrogen and oxygen atoms in total. The van der Waals surface area contributed by atoms with Gasteiger partial charge in [-0.15, -0.1) is 18.5 Å². The van der Waals surface area contributed by atoms with Crippen LogP contribution in [0.3, 0.4) is 0 Å². The van der Waals surface area contributed by atoms with E-state index >= 15 is 0 Å². The van der Waals surface area contributed by atoms with Crippen molar-refractivity contribution in [1.82, 2.24) is 0 Å². The Morgan fingerprint density at radius 1 is 1.35 bits per heavy atom. The Hall–Kier alpha value is -0.455. The van der Waals surface area contributed by atoms with Gasteiger partial charge in [-0.25, -0.2) is 4.39 Å². The van der Waals surface area contributed by atoms with Gasteiger partial charge in [0, 0.05) is 16.2 Å². The molecule has 0 N–H and O–H groups in total. The third-order valence-electron chi connectivity index (χ3n) is 2.43. The Kier molecular flexibility index (Phi) is 4.69. The summed E-state index contributed by atoms with van der Waals surface area (Å²) < 4.78 is 18.9. The van der Waals surface area contributed by atoms with Crippen LogP contribution in [0, 0.1) is 18.7 Å². The van der Waals surface area contributed by atoms with Crippen molar-refractivity contribution in [3.8, 4) is 5.75 Å². The van der Waals surface area contributed by atoms with Crippen molar-refractivity contribution in [1.29, 1.82) is 0 Å². The number of hydrogen-bond acceptors (Lipinski definition) is 2. The fraction of sp³-hybridized carbons (Fsp3) is 0.364. The molecule has 0 aromatic heterocycles. The molecule has 0 amide bonds. The van der Waals surface area contributed by atoms with Crippen molar-refractivity contribution >= 4 is 48.4 Å². The van der Waals surface area contributed by atoms with E-state index in [0.29, 0.717) is 10.9 Å². The summed E-state index contributed by atoms with van der Waals surface area (Å²) in [5.74, 6) is -0.834. The van der Waals surface area contributed by atoms with E-state index in [1.807, 2.05) is 0 Å². The molecule has 2 radical (unpaired) electrons. The number of rotatable bonds is 2. The van der Waals surface area contributed by atoms with Gasteiger partial charge in [0.2, 0.25) is 0 Å². The summed E-state index contributed by atoms with van der Waals surface area (Å²) in [7, 11) is 10.3. The van der Waals surface area contributed by atoms with Crippen molar-refractivity contribution in [3.63, 3.8) is 0 Å². The van der Waals surface area contributed by atoms with Crippen molar-refractivity contribution in [2.45, 2.75) is 20.8 Å². The molecule has 0 aliphatic rings. The lowest BCUT2D eigenvalue weighted by atomic mass is 9.92. The molecule has 1 aromatic carbocycles. The minimum Gasteiger partial charge on any atom is -0.427 e. The SMILES string of the molecule is [B]c1c(P)c(F)c(P)c(C)c1OC(=O)C(C)C. The minimum atomic E-state index is -0.417. The van der Waals surface area contributed by atoms with Crippen molar-refractivity contribution in [2.24, 2.45) is 5.92 Å². The van der Waals surface area contributed by atoms with E-state index < -0.39 is 5.82 Å². The Bertz CT molecular complexity index is 446. The normalized spacial score (nSPS) is 10.8. The summed E-state index contributed by atoms with van der Waals surface area (Å²) in [5, 5.41) is 0.572. The van der Waals surface area contributed by atoms with Gasteiger partial charge in [0.25, 0.3) is 0 Å². The van der Waals surface area contributed by atoms with E-state index in [9.17, 15) is 9.18 Å². The van der Waals surface area contributed by atoms with Crippen molar-refractivity contribution < 1.29 is 13.9 Å². The molecule has 0 spiro atoms. The molecule has 6 heteroatoms. The maximum Gasteiger partial charge on any atom is 0.313 e. The van der Waals surface area contributed by atoms with Crippen LogP contribution in [0.1, 0.15) is 19.4 Å². The van der Waals surface area contributed by atoms with E-state index in [1.54, 1.807) is 20.8 Å². The number of carbonyl (C=O) groups is 1. The molecule has 1 aromatic rings. The quantitative estimate of drug-likeness (QED) is 0.338. The van der Waals surface area contributed by atoms with Gasteiger partial charge in [0.1, 0.15) is 19.4 Å². The minimum absolute atomic E-state index is 0.144. The number of benzene rings is 1. The topological polar surface area (TPSA) is 26.3 Å². The van der Waals surface area contributed by atoms with Gasteiger partial charge in [0.15, 0.2) is 0 Å². The standard InChI is InChI=1S/C11H14BFO2P2/c1-4(2)11(14)15-8-5(3)9(16)7(13)10(17)6(8)12/h4H,16-17H2,1-3H3. The molecule has 0 aliphatic carbocycles. The first kappa shape index (κ1) is 14.6. The van der Waals surface area contributed by atoms with Crippen molar-refractivity contribution in [2.75, 3.05) is 0 Å². The van der Waals surface area contributed by atoms with Crippen LogP contribution < -0.4 is 20.8 Å². The molecule has 17 heavy (non-hydrogen) atoms. The van der Waals surface area contributed by atoms with E-state index in [2.05, 4.69) is 18.5 Å². The van der Waals surface area contributed by atoms with Gasteiger partial charge in [-0.1, -0.05) is 13.8 Å². The highest BCUT2D eigenvalue weighted by Gasteiger charge is 2.19. The predicted octanol–water partition coefficient (Wildman–Crippen LogP) is 0.490. The molecule has 1 rings (SSSR count). The van der Waals surface area contributed by atoms with Gasteiger partial charge >= 0.3 is 5.97 Å². The lowest BCUT2D eigenvalue weighted by molar-refractivity contribution is -0.137. The smallest absolute Gasteiger partial charge is 0.313 e. The Morgan fingerprint density at radius 2 is 1.88 bits per heavy atom. The second-order valence-corrected chi connectivity index (χ2v) is 5.24. The highest BCUT2D eigenvalue weighted by Crippen LogP contribution is 2.17. The van der Waals surface area contributed by atoms with Crippen LogP contribution in [0.15, 0.2) is 0 Å². The molecule has 90 valence electrons. The Labute approximate surface area is 107 Å². The first-order valence-corrected chi connectivity index (χ1v) is 6.27. The van der Waals surface area contributed by atoms with Crippen molar-refractivity contribution in [3.05, 3.63) is 11.4 Å². The van der Waals surface area contributed by atoms with Crippen LogP contribution in [0.5, 0.6) is 5.75 Å². The van der Waals surface area contributed by atoms with E-state index in [0.717, 1.165) is 0 Å². The van der Waals surface area contributed by atoms with Crippen LogP contribution in [0.2, 0.25) is 0 Å². The third-order valence-corrected chi connectivity index (χ3v) is 3.68. The molecule has 0 bridgehead atoms. The summed E-state index contributed by atoms with van der Waals surface area (Å²) in [6.07, 6.45) is 0. The van der Waals surface area contributed by atoms with Crippen LogP contribution >= 0.6 is 18.5 Å². The van der Waals surface area contributed by atoms with Gasteiger partial charge < -0.3 is 4.74 Å². The lowest BCUT2D eigenvalue weighted by Gasteiger charge is -2.17. The highest BCUT2D eigenvalue weighted by atomic mass is 31.0. The molecule has 0 fully saturated rings. The molecule has 0 heterocycles. The molecular weight excluding hydrogens is 256 g/mol. The zero-order valence-corrected chi connectivity index (χ0v) is 12.3. The third kappa shape index (κ3) is 2.87. The highest BCUT2D eigenvalue weighted by molar-refractivity contribution is 7.30. The Morgan fingerprint density at radius 3 is 2.35 bits per heavy atom. The van der Waals surface area contributed by atoms with Gasteiger partial charge in [-0.3, -0.25) is 4.79 Å². The van der Waals surface area contributed by atoms with E-state index in [-0.39, 0.29) is 28.4 Å². The van der Waals surface area contributed by atoms with Gasteiger partial charge in [-0.05, 0) is 12.4 Å². The number of ether oxygens (including phenoxy) is 1. The van der Waals surface area contributed by atoms with Gasteiger partial charge in [-0.2, -0.15) is 0 Å². The first-order chi connectivity index (χ1) is 7.77. The van der Waals surface area contributed by atoms with Crippen LogP contribution in [0.4, 0.5) is 4.39 Å². The fourth-order valence-electron chi connectivity index (χ4n) is 1.22. The molecule has 0 saturated heterocycles. The maximum absolute atomic E-state index is 13.7. The van der Waals surface area contributed by atoms with E-state index in [4.69, 9.17) is 12.6 Å². The molecule has 2 unspecified atom stereocenters. The molecule has 2 atom stereocenters. The number of hydrogen-bond donors (Lipinski definition) is 0. The summed E-state index contributed by atoms with van der Waals surface area (Å²) >= 11 is 0. The Balaban J connectivity index is 3.30. The lowest BCUT2D eigenvalue weighted by Crippen LogP contribution is -2.33.